The molecule has 19 atom stereocenters. The second-order valence-electron chi connectivity index (χ2n) is 27.0. The third kappa shape index (κ3) is 34.3. The Kier molecular flexibility index (Phi) is 42.5. The molecule has 2 heterocycles. The van der Waals surface area contributed by atoms with Gasteiger partial charge >= 0.3 is 23.9 Å². The Balaban J connectivity index is 2.04. The molecule has 0 aliphatic carbocycles. The number of hydrogen-bond acceptors (Lipinski definition) is 35. The SMILES string of the molecule is C[C@H](NC(=O)[C@H](CCC(=O)NC[C@H](O)[C@@H](O)[C@H](O)[C@H](O)CO)CC(=O)[C@H](CCC(=O)O)NC(=O)[C@H](CCC(=O)NC[C@H](O)[C@@H](O)[C@H](O)[C@H](O)CO)CC(=O)[C@H](CCC(=O)O)NC(=O)[C@H](CCC(=O)NC[C@H](O)[C@@H](O)[C@H](O)[C@H](O)CO)CC(=O)CC[C@H](NC(=O)c1ccc(NCc2cnc3nc(N)[nH]c(=O)c3n2)cc1)C(=O)O)C(=O)O. The number of nitrogens with one attached hydrogen (secondary N) is 9. The molecular weight excluding hydrogens is 1540 g/mol. The number of hydrogen-bond donors (Lipinski definition) is 29. The number of carbonyl (C=O) groups is 14. The van der Waals surface area contributed by atoms with E-state index in [1.165, 1.54) is 30.5 Å². The number of aliphatic carboxylic acids is 4. The van der Waals surface area contributed by atoms with Crippen molar-refractivity contribution in [2.45, 2.75) is 207 Å². The monoisotopic (exact) mass is 1640 g/mol. The van der Waals surface area contributed by atoms with Crippen LogP contribution in [0.15, 0.2) is 35.3 Å². The van der Waals surface area contributed by atoms with Crippen molar-refractivity contribution >= 4 is 105 Å². The molecule has 0 saturated carbocycles. The van der Waals surface area contributed by atoms with Crippen LogP contribution in [0, 0.1) is 17.8 Å². The first-order chi connectivity index (χ1) is 54.0. The van der Waals surface area contributed by atoms with Crippen molar-refractivity contribution in [3.8, 4) is 0 Å². The van der Waals surface area contributed by atoms with Crippen molar-refractivity contribution in [3.05, 3.63) is 52.1 Å². The lowest BCUT2D eigenvalue weighted by Crippen LogP contribution is -2.50. The Morgan fingerprint density at radius 2 is 0.835 bits per heavy atom. The maximum atomic E-state index is 14.7. The number of aromatic amines is 1. The van der Waals surface area contributed by atoms with Gasteiger partial charge in [0.05, 0.1) is 68.7 Å². The van der Waals surface area contributed by atoms with Crippen LogP contribution in [0.4, 0.5) is 11.6 Å². The van der Waals surface area contributed by atoms with Crippen molar-refractivity contribution in [1.82, 2.24) is 57.2 Å². The largest absolute Gasteiger partial charge is 0.481 e. The van der Waals surface area contributed by atoms with Gasteiger partial charge in [-0.25, -0.2) is 14.8 Å². The maximum absolute atomic E-state index is 14.7. The van der Waals surface area contributed by atoms with Crippen LogP contribution < -0.4 is 53.8 Å². The average molecular weight is 1640 g/mol. The zero-order valence-electron chi connectivity index (χ0n) is 62.0. The summed E-state index contributed by atoms with van der Waals surface area (Å²) >= 11 is 0. The number of rotatable bonds is 57. The number of aromatic nitrogens is 4. The zero-order chi connectivity index (χ0) is 86.7. The molecule has 7 amide bonds. The van der Waals surface area contributed by atoms with E-state index in [4.69, 9.17) is 10.8 Å². The Hall–Kier alpha value is -10.4. The van der Waals surface area contributed by atoms with Crippen LogP contribution in [0.2, 0.25) is 0 Å². The van der Waals surface area contributed by atoms with Gasteiger partial charge in [0, 0.05) is 106 Å². The minimum atomic E-state index is -2.21. The van der Waals surface area contributed by atoms with Gasteiger partial charge in [0.1, 0.15) is 72.8 Å². The molecule has 47 heteroatoms. The summed E-state index contributed by atoms with van der Waals surface area (Å²) in [6, 6.07) is -2.07. The number of ketones is 3. The second-order valence-corrected chi connectivity index (χ2v) is 27.0. The summed E-state index contributed by atoms with van der Waals surface area (Å²) in [6.45, 7) is -4.80. The van der Waals surface area contributed by atoms with Gasteiger partial charge in [-0.15, -0.1) is 0 Å². The van der Waals surface area contributed by atoms with Crippen molar-refractivity contribution < 1.29 is 164 Å². The number of fused-ring (bicyclic) bond motifs is 1. The number of nitrogen functional groups attached to an aromatic ring is 1. The van der Waals surface area contributed by atoms with Gasteiger partial charge in [-0.05, 0) is 69.7 Å². The molecule has 642 valence electrons. The molecule has 3 rings (SSSR count). The topological polar surface area (TPSA) is 817 Å². The smallest absolute Gasteiger partial charge is 0.326 e. The van der Waals surface area contributed by atoms with Crippen LogP contribution in [0.1, 0.15) is 119 Å². The lowest BCUT2D eigenvalue weighted by molar-refractivity contribution is -0.142. The Morgan fingerprint density at radius 1 is 0.452 bits per heavy atom. The molecule has 1 aromatic carbocycles. The minimum absolute atomic E-state index is 0.0103. The molecule has 3 aromatic rings. The number of anilines is 2. The summed E-state index contributed by atoms with van der Waals surface area (Å²) in [7, 11) is 0. The van der Waals surface area contributed by atoms with E-state index in [0.717, 1.165) is 6.92 Å². The fourth-order valence-corrected chi connectivity index (χ4v) is 10.9. The molecule has 0 radical (unpaired) electrons. The summed E-state index contributed by atoms with van der Waals surface area (Å²) in [4.78, 5) is 215. The number of aliphatic hydroxyl groups excluding tert-OH is 15. The van der Waals surface area contributed by atoms with Gasteiger partial charge in [0.15, 0.2) is 22.7 Å². The summed E-state index contributed by atoms with van der Waals surface area (Å²) < 4.78 is 0. The number of nitrogens with zero attached hydrogens (tertiary/aromatic N) is 3. The average Bonchev–Trinajstić information content (AvgIpc) is 0.808. The molecule has 0 unspecified atom stereocenters. The van der Waals surface area contributed by atoms with Crippen molar-refractivity contribution in [2.24, 2.45) is 17.8 Å². The lowest BCUT2D eigenvalue weighted by atomic mass is 9.89. The Morgan fingerprint density at radius 3 is 1.22 bits per heavy atom. The van der Waals surface area contributed by atoms with E-state index in [0.29, 0.717) is 11.4 Å². The third-order valence-electron chi connectivity index (χ3n) is 18.0. The Bertz CT molecular complexity index is 3840. The number of carbonyl (C=O) groups excluding carboxylic acids is 10. The first-order valence-corrected chi connectivity index (χ1v) is 35.9. The lowest BCUT2D eigenvalue weighted by Gasteiger charge is -2.26. The van der Waals surface area contributed by atoms with E-state index < -0.39 is 339 Å². The highest BCUT2D eigenvalue weighted by molar-refractivity contribution is 5.99. The van der Waals surface area contributed by atoms with Gasteiger partial charge in [0.2, 0.25) is 41.4 Å². The highest BCUT2D eigenvalue weighted by Gasteiger charge is 2.38. The van der Waals surface area contributed by atoms with E-state index in [2.05, 4.69) is 62.5 Å². The van der Waals surface area contributed by atoms with E-state index in [-0.39, 0.29) is 29.2 Å². The highest BCUT2D eigenvalue weighted by atomic mass is 16.4. The van der Waals surface area contributed by atoms with E-state index in [9.17, 15) is 164 Å². The van der Waals surface area contributed by atoms with Crippen molar-refractivity contribution in [1.29, 1.82) is 0 Å². The first kappa shape index (κ1) is 98.8. The van der Waals surface area contributed by atoms with Crippen LogP contribution >= 0.6 is 0 Å². The van der Waals surface area contributed by atoms with Gasteiger partial charge in [-0.2, -0.15) is 4.98 Å². The summed E-state index contributed by atoms with van der Waals surface area (Å²) in [5, 5.41) is 207. The summed E-state index contributed by atoms with van der Waals surface area (Å²) in [5.41, 5.74) is 5.43. The fourth-order valence-electron chi connectivity index (χ4n) is 10.9. The van der Waals surface area contributed by atoms with Crippen LogP contribution in [0.5, 0.6) is 0 Å². The van der Waals surface area contributed by atoms with Crippen LogP contribution in [0.25, 0.3) is 11.2 Å². The van der Waals surface area contributed by atoms with Crippen molar-refractivity contribution in [3.63, 3.8) is 0 Å². The van der Waals surface area contributed by atoms with E-state index in [1.54, 1.807) is 0 Å². The number of amides is 7. The number of Topliss-reactive ketones (excluding diaryl/α,β-unsaturated/α-hetero) is 3. The predicted octanol–water partition coefficient (Wildman–Crippen LogP) is -11.1. The minimum Gasteiger partial charge on any atom is -0.481 e. The number of carboxylic acids is 4. The van der Waals surface area contributed by atoms with Crippen LogP contribution in [-0.2, 0) is 68.9 Å². The molecule has 0 saturated heterocycles. The first-order valence-electron chi connectivity index (χ1n) is 35.9. The Labute approximate surface area is 652 Å². The summed E-state index contributed by atoms with van der Waals surface area (Å²) in [5.74, 6) is -23.6. The quantitative estimate of drug-likeness (QED) is 0.0249. The maximum Gasteiger partial charge on any atom is 0.326 e. The number of aliphatic hydroxyl groups is 15. The molecular formula is C68H101N13O34. The standard InChI is InChI=1S/C68H101N13O34/c1-29(66(112)113)75-62(108)32(5-14-49(95)72-24-43(89)55(102)58(105)46(92)27-83)19-40(86)38(12-17-52(99)100)78-64(110)33(6-15-50(96)73-25-44(90)56(103)59(106)47(93)28-84)20-41(87)37(11-16-51(97)98)77-63(109)31(4-13-48(94)71-23-42(88)54(101)57(104)45(91)26-82)18-36(85)9-10-39(67(114)115)79-61(107)30-2-7-34(8-3-30)70-21-35-22-74-60-53(76-35)65(111)81-68(69)80-60/h2-3,7-8,22,29,31-33,37-39,42-47,54-59,70,82-84,88-93,101-106H,4-6,9-21,23-28H2,1H3,(H,71,94)(H,72,95)(H,73,96)(H,75,108)(H,77,109)(H,78,110)(H,79,107)(H,97,98)(H,99,100)(H,112,113)(H,114,115)(H3,69,74,80,81,111)/t29-,31+,32+,33+,37-,38-,39-,42-,43-,44-,45+,46+,47+,54+,55+,56+,57+,58+,59+/m0/s1. The van der Waals surface area contributed by atoms with E-state index in [1.807, 2.05) is 0 Å². The van der Waals surface area contributed by atoms with Crippen LogP contribution in [-0.4, -0.2) is 336 Å². The molecule has 0 aliphatic rings. The van der Waals surface area contributed by atoms with Crippen molar-refractivity contribution in [2.75, 3.05) is 50.5 Å². The third-order valence-corrected chi connectivity index (χ3v) is 18.0. The molecule has 0 spiro atoms. The number of H-pyrrole nitrogens is 1. The number of carboxylic acid groups (broad SMARTS) is 4. The second kappa shape index (κ2) is 49.4. The summed E-state index contributed by atoms with van der Waals surface area (Å²) in [6.07, 6.45) is -36.3. The molecule has 115 heavy (non-hydrogen) atoms. The zero-order valence-corrected chi connectivity index (χ0v) is 62.0. The molecule has 0 fully saturated rings. The van der Waals surface area contributed by atoms with Gasteiger partial charge in [-0.1, -0.05) is 0 Å². The van der Waals surface area contributed by atoms with Gasteiger partial charge in [0.25, 0.3) is 11.5 Å². The highest BCUT2D eigenvalue weighted by Crippen LogP contribution is 2.23. The molecule has 47 nitrogen and oxygen atoms in total. The molecule has 0 aliphatic heterocycles. The molecule has 2 aromatic heterocycles. The van der Waals surface area contributed by atoms with E-state index >= 15 is 0 Å². The normalized spacial score (nSPS) is 16.5. The predicted molar refractivity (Wildman–Crippen MR) is 387 cm³/mol. The number of nitrogens with two attached hydrogens (primary N) is 1. The number of benzene rings is 1. The van der Waals surface area contributed by atoms with Crippen LogP contribution in [0.3, 0.4) is 0 Å². The van der Waals surface area contributed by atoms with Gasteiger partial charge < -0.3 is 145 Å². The molecule has 0 bridgehead atoms. The molecule has 30 N–H and O–H groups in total. The fraction of sp³-hybridized carbons (Fsp3) is 0.618. The van der Waals surface area contributed by atoms with Gasteiger partial charge in [-0.3, -0.25) is 72.1 Å².